The molecule has 0 aliphatic heterocycles. The Bertz CT molecular complexity index is 1180. The molecule has 4 aromatic rings. The molecule has 5 nitrogen and oxygen atoms in total. The van der Waals surface area contributed by atoms with Crippen molar-refractivity contribution in [3.05, 3.63) is 89.0 Å². The van der Waals surface area contributed by atoms with Gasteiger partial charge in [-0.3, -0.25) is 4.79 Å². The van der Waals surface area contributed by atoms with Gasteiger partial charge in [-0.15, -0.1) is 0 Å². The van der Waals surface area contributed by atoms with E-state index < -0.39 is 0 Å². The number of benzene rings is 2. The molecule has 0 saturated heterocycles. The van der Waals surface area contributed by atoms with E-state index in [1.165, 1.54) is 17.7 Å². The summed E-state index contributed by atoms with van der Waals surface area (Å²) < 4.78 is 15.3. The van der Waals surface area contributed by atoms with Gasteiger partial charge in [-0.1, -0.05) is 36.4 Å². The first-order valence-corrected chi connectivity index (χ1v) is 9.48. The fourth-order valence-electron chi connectivity index (χ4n) is 3.44. The zero-order valence-electron chi connectivity index (χ0n) is 16.3. The van der Waals surface area contributed by atoms with Crippen LogP contribution in [0.5, 0.6) is 0 Å². The molecule has 0 radical (unpaired) electrons. The minimum Gasteiger partial charge on any atom is -0.352 e. The molecular weight excluding hydrogens is 367 g/mol. The molecule has 0 spiro atoms. The van der Waals surface area contributed by atoms with Gasteiger partial charge in [-0.25, -0.2) is 14.1 Å². The number of amides is 1. The summed E-state index contributed by atoms with van der Waals surface area (Å²) in [5.74, 6) is -0.520. The van der Waals surface area contributed by atoms with Gasteiger partial charge in [0.15, 0.2) is 5.65 Å². The second-order valence-electron chi connectivity index (χ2n) is 6.98. The molecule has 2 heterocycles. The van der Waals surface area contributed by atoms with Crippen LogP contribution < -0.4 is 5.32 Å². The molecule has 29 heavy (non-hydrogen) atoms. The molecule has 0 bridgehead atoms. The number of hydrogen-bond acceptors (Lipinski definition) is 3. The monoisotopic (exact) mass is 388 g/mol. The summed E-state index contributed by atoms with van der Waals surface area (Å²) in [6.07, 6.45) is 0.751. The number of aromatic nitrogens is 3. The van der Waals surface area contributed by atoms with E-state index in [9.17, 15) is 9.18 Å². The fraction of sp³-hybridized carbons (Fsp3) is 0.174. The molecule has 2 aromatic carbocycles. The van der Waals surface area contributed by atoms with Crippen molar-refractivity contribution < 1.29 is 9.18 Å². The van der Waals surface area contributed by atoms with Gasteiger partial charge in [-0.05, 0) is 50.1 Å². The maximum absolute atomic E-state index is 13.7. The van der Waals surface area contributed by atoms with Crippen LogP contribution >= 0.6 is 0 Å². The number of carbonyl (C=O) groups excluding carboxylic acids is 1. The Morgan fingerprint density at radius 1 is 1.07 bits per heavy atom. The van der Waals surface area contributed by atoms with Crippen molar-refractivity contribution in [2.75, 3.05) is 6.54 Å². The van der Waals surface area contributed by atoms with Crippen LogP contribution in [0.3, 0.4) is 0 Å². The number of nitrogens with one attached hydrogen (secondary N) is 1. The average Bonchev–Trinajstić information content (AvgIpc) is 3.04. The first-order chi connectivity index (χ1) is 14.0. The van der Waals surface area contributed by atoms with Crippen LogP contribution in [0.2, 0.25) is 0 Å². The van der Waals surface area contributed by atoms with Gasteiger partial charge in [-0.2, -0.15) is 5.10 Å². The molecule has 0 unspecified atom stereocenters. The summed E-state index contributed by atoms with van der Waals surface area (Å²) >= 11 is 0. The van der Waals surface area contributed by atoms with E-state index in [1.807, 2.05) is 44.2 Å². The van der Waals surface area contributed by atoms with Crippen molar-refractivity contribution in [3.63, 3.8) is 0 Å². The lowest BCUT2D eigenvalue weighted by atomic mass is 10.1. The highest BCUT2D eigenvalue weighted by Gasteiger charge is 2.19. The predicted molar refractivity (Wildman–Crippen MR) is 111 cm³/mol. The van der Waals surface area contributed by atoms with Crippen LogP contribution in [0.25, 0.3) is 16.7 Å². The van der Waals surface area contributed by atoms with Gasteiger partial charge in [0.1, 0.15) is 5.82 Å². The number of nitrogens with zero attached hydrogens (tertiary/aromatic N) is 3. The number of fused-ring (bicyclic) bond motifs is 1. The van der Waals surface area contributed by atoms with E-state index in [-0.39, 0.29) is 11.7 Å². The van der Waals surface area contributed by atoms with E-state index in [1.54, 1.807) is 22.9 Å². The van der Waals surface area contributed by atoms with Crippen molar-refractivity contribution in [3.8, 4) is 5.69 Å². The van der Waals surface area contributed by atoms with Gasteiger partial charge < -0.3 is 5.32 Å². The normalized spacial score (nSPS) is 11.0. The molecule has 0 atom stereocenters. The van der Waals surface area contributed by atoms with Crippen molar-refractivity contribution >= 4 is 16.9 Å². The van der Waals surface area contributed by atoms with Crippen molar-refractivity contribution in [1.82, 2.24) is 20.1 Å². The molecular formula is C23H21FN4O. The average molecular weight is 388 g/mol. The van der Waals surface area contributed by atoms with Gasteiger partial charge >= 0.3 is 0 Å². The number of halogens is 1. The molecule has 0 aliphatic rings. The van der Waals surface area contributed by atoms with E-state index in [0.717, 1.165) is 6.42 Å². The largest absolute Gasteiger partial charge is 0.352 e. The van der Waals surface area contributed by atoms with Crippen molar-refractivity contribution in [1.29, 1.82) is 0 Å². The molecule has 6 heteroatoms. The summed E-state index contributed by atoms with van der Waals surface area (Å²) in [5, 5.41) is 8.19. The Kier molecular flexibility index (Phi) is 5.08. The SMILES string of the molecule is Cc1cc(C(=O)NCCc2ccccc2)c2c(C)nn(-c3cccc(F)c3)c2n1. The topological polar surface area (TPSA) is 59.8 Å². The summed E-state index contributed by atoms with van der Waals surface area (Å²) in [5.41, 5.74) is 4.17. The van der Waals surface area contributed by atoms with E-state index in [4.69, 9.17) is 0 Å². The Hall–Kier alpha value is -3.54. The Morgan fingerprint density at radius 2 is 1.86 bits per heavy atom. The molecule has 2 aromatic heterocycles. The van der Waals surface area contributed by atoms with Gasteiger partial charge in [0.25, 0.3) is 5.91 Å². The van der Waals surface area contributed by atoms with Crippen molar-refractivity contribution in [2.45, 2.75) is 20.3 Å². The third-order valence-electron chi connectivity index (χ3n) is 4.78. The Labute approximate surface area is 168 Å². The molecule has 0 saturated carbocycles. The van der Waals surface area contributed by atoms with Gasteiger partial charge in [0, 0.05) is 12.2 Å². The van der Waals surface area contributed by atoms with Crippen LogP contribution in [-0.2, 0) is 6.42 Å². The highest BCUT2D eigenvalue weighted by atomic mass is 19.1. The zero-order valence-corrected chi connectivity index (χ0v) is 16.3. The van der Waals surface area contributed by atoms with Crippen LogP contribution in [0, 0.1) is 19.7 Å². The van der Waals surface area contributed by atoms with E-state index >= 15 is 0 Å². The standard InChI is InChI=1S/C23H21FN4O/c1-15-13-20(23(29)25-12-11-17-7-4-3-5-8-17)21-16(2)27-28(22(21)26-15)19-10-6-9-18(24)14-19/h3-10,13-14H,11-12H2,1-2H3,(H,25,29). The number of hydrogen-bond donors (Lipinski definition) is 1. The van der Waals surface area contributed by atoms with Gasteiger partial charge in [0.2, 0.25) is 0 Å². The third kappa shape index (κ3) is 3.87. The lowest BCUT2D eigenvalue weighted by molar-refractivity contribution is 0.0955. The fourth-order valence-corrected chi connectivity index (χ4v) is 3.44. The quantitative estimate of drug-likeness (QED) is 0.559. The molecule has 4 rings (SSSR count). The first kappa shape index (κ1) is 18.8. The zero-order chi connectivity index (χ0) is 20.4. The lowest BCUT2D eigenvalue weighted by Gasteiger charge is -2.09. The minimum atomic E-state index is -0.352. The third-order valence-corrected chi connectivity index (χ3v) is 4.78. The number of carbonyl (C=O) groups is 1. The van der Waals surface area contributed by atoms with Gasteiger partial charge in [0.05, 0.1) is 22.3 Å². The van der Waals surface area contributed by atoms with Crippen LogP contribution in [0.15, 0.2) is 60.7 Å². The highest BCUT2D eigenvalue weighted by Crippen LogP contribution is 2.25. The van der Waals surface area contributed by atoms with Crippen LogP contribution in [0.4, 0.5) is 4.39 Å². The number of rotatable bonds is 5. The lowest BCUT2D eigenvalue weighted by Crippen LogP contribution is -2.26. The van der Waals surface area contributed by atoms with E-state index in [2.05, 4.69) is 15.4 Å². The Balaban J connectivity index is 1.67. The predicted octanol–water partition coefficient (Wildman–Crippen LogP) is 4.15. The number of pyridine rings is 1. The highest BCUT2D eigenvalue weighted by molar-refractivity contribution is 6.06. The summed E-state index contributed by atoms with van der Waals surface area (Å²) in [6, 6.07) is 17.9. The molecule has 146 valence electrons. The second kappa shape index (κ2) is 7.83. The summed E-state index contributed by atoms with van der Waals surface area (Å²) in [4.78, 5) is 17.5. The summed E-state index contributed by atoms with van der Waals surface area (Å²) in [6.45, 7) is 4.19. The van der Waals surface area contributed by atoms with Crippen LogP contribution in [0.1, 0.15) is 27.3 Å². The number of aryl methyl sites for hydroxylation is 2. The second-order valence-corrected chi connectivity index (χ2v) is 6.98. The van der Waals surface area contributed by atoms with E-state index in [0.29, 0.717) is 40.2 Å². The smallest absolute Gasteiger partial charge is 0.252 e. The summed E-state index contributed by atoms with van der Waals surface area (Å²) in [7, 11) is 0. The maximum Gasteiger partial charge on any atom is 0.252 e. The molecule has 0 fully saturated rings. The molecule has 1 N–H and O–H groups in total. The maximum atomic E-state index is 13.7. The Morgan fingerprint density at radius 3 is 2.62 bits per heavy atom. The minimum absolute atomic E-state index is 0.168. The first-order valence-electron chi connectivity index (χ1n) is 9.48. The van der Waals surface area contributed by atoms with Crippen molar-refractivity contribution in [2.24, 2.45) is 0 Å². The molecule has 1 amide bonds. The van der Waals surface area contributed by atoms with Crippen LogP contribution in [-0.4, -0.2) is 27.2 Å². The molecule has 0 aliphatic carbocycles.